The third-order valence-electron chi connectivity index (χ3n) is 1.06. The quantitative estimate of drug-likeness (QED) is 0.430. The van der Waals surface area contributed by atoms with Crippen LogP contribution in [0.4, 0.5) is 0 Å². The highest BCUT2D eigenvalue weighted by Gasteiger charge is 2.26. The van der Waals surface area contributed by atoms with E-state index in [2.05, 4.69) is 17.9 Å². The van der Waals surface area contributed by atoms with Crippen LogP contribution in [0.1, 0.15) is 0 Å². The Morgan fingerprint density at radius 2 is 2.56 bits per heavy atom. The van der Waals surface area contributed by atoms with Gasteiger partial charge in [-0.3, -0.25) is 10.1 Å². The minimum atomic E-state index is -0.897. The lowest BCUT2D eigenvalue weighted by molar-refractivity contribution is -0.139. The number of nitrogens with one attached hydrogen (secondary N) is 1. The molecule has 0 spiro atoms. The Kier molecular flexibility index (Phi) is 1.94. The molecule has 0 radical (unpaired) electrons. The van der Waals surface area contributed by atoms with E-state index in [0.29, 0.717) is 0 Å². The molecule has 52 valence electrons. The van der Waals surface area contributed by atoms with Gasteiger partial charge < -0.3 is 9.84 Å². The first-order valence-corrected chi connectivity index (χ1v) is 3.00. The van der Waals surface area contributed by atoms with Gasteiger partial charge in [0.15, 0.2) is 5.56 Å². The molecule has 0 bridgehead atoms. The maximum atomic E-state index is 10.2. The first-order valence-electron chi connectivity index (χ1n) is 2.48. The van der Waals surface area contributed by atoms with Gasteiger partial charge in [-0.15, -0.1) is 12.6 Å². The molecule has 0 aromatic rings. The topological polar surface area (TPSA) is 58.6 Å². The highest BCUT2D eigenvalue weighted by molar-refractivity contribution is 7.80. The Balaban J connectivity index is 2.39. The summed E-state index contributed by atoms with van der Waals surface area (Å²) in [7, 11) is 0. The average Bonchev–Trinajstić information content (AvgIpc) is 2.14. The molecule has 1 fully saturated rings. The van der Waals surface area contributed by atoms with E-state index in [1.54, 1.807) is 0 Å². The fourth-order valence-electron chi connectivity index (χ4n) is 0.598. The predicted molar refractivity (Wildman–Crippen MR) is 33.3 cm³/mol. The van der Waals surface area contributed by atoms with Crippen molar-refractivity contribution in [1.82, 2.24) is 5.32 Å². The number of hydrogen-bond donors (Lipinski definition) is 3. The van der Waals surface area contributed by atoms with Crippen molar-refractivity contribution in [1.29, 1.82) is 0 Å². The number of thiol groups is 1. The maximum Gasteiger partial charge on any atom is 0.323 e. The summed E-state index contributed by atoms with van der Waals surface area (Å²) in [4.78, 5) is 10.2. The zero-order valence-electron chi connectivity index (χ0n) is 4.57. The Morgan fingerprint density at radius 3 is 2.78 bits per heavy atom. The molecule has 2 N–H and O–H groups in total. The normalized spacial score (nSPS) is 34.8. The van der Waals surface area contributed by atoms with Crippen LogP contribution in [-0.4, -0.2) is 29.3 Å². The van der Waals surface area contributed by atoms with E-state index in [4.69, 9.17) is 9.84 Å². The monoisotopic (exact) mass is 149 g/mol. The molecule has 1 aliphatic heterocycles. The molecular formula is C4H7NO3S. The van der Waals surface area contributed by atoms with Crippen LogP contribution in [0.5, 0.6) is 0 Å². The van der Waals surface area contributed by atoms with Crippen molar-refractivity contribution in [3.63, 3.8) is 0 Å². The molecule has 2 unspecified atom stereocenters. The second kappa shape index (κ2) is 2.55. The van der Waals surface area contributed by atoms with Crippen LogP contribution in [0.2, 0.25) is 0 Å². The van der Waals surface area contributed by atoms with Crippen molar-refractivity contribution in [2.75, 3.05) is 6.61 Å². The van der Waals surface area contributed by atoms with Gasteiger partial charge in [-0.25, -0.2) is 0 Å². The molecule has 1 saturated heterocycles. The highest BCUT2D eigenvalue weighted by atomic mass is 32.1. The Labute approximate surface area is 57.6 Å². The lowest BCUT2D eigenvalue weighted by Crippen LogP contribution is -2.34. The minimum absolute atomic E-state index is 0.198. The zero-order chi connectivity index (χ0) is 6.85. The summed E-state index contributed by atoms with van der Waals surface area (Å²) in [6.45, 7) is 0.198. The van der Waals surface area contributed by atoms with E-state index in [1.165, 1.54) is 0 Å². The van der Waals surface area contributed by atoms with Gasteiger partial charge in [0.2, 0.25) is 0 Å². The number of carboxylic acids is 1. The molecule has 0 aromatic heterocycles. The van der Waals surface area contributed by atoms with Crippen molar-refractivity contribution in [2.45, 2.75) is 11.6 Å². The predicted octanol–water partition coefficient (Wildman–Crippen LogP) is -0.727. The van der Waals surface area contributed by atoms with Gasteiger partial charge in [0.25, 0.3) is 0 Å². The van der Waals surface area contributed by atoms with Crippen molar-refractivity contribution in [3.8, 4) is 0 Å². The van der Waals surface area contributed by atoms with Crippen molar-refractivity contribution < 1.29 is 14.6 Å². The van der Waals surface area contributed by atoms with Crippen molar-refractivity contribution >= 4 is 18.6 Å². The van der Waals surface area contributed by atoms with Gasteiger partial charge in [-0.1, -0.05) is 0 Å². The van der Waals surface area contributed by atoms with Gasteiger partial charge >= 0.3 is 5.97 Å². The highest BCUT2D eigenvalue weighted by Crippen LogP contribution is 2.04. The molecule has 1 rings (SSSR count). The molecule has 1 heterocycles. The molecule has 0 aromatic carbocycles. The third kappa shape index (κ3) is 1.57. The van der Waals surface area contributed by atoms with Crippen LogP contribution in [0.3, 0.4) is 0 Å². The van der Waals surface area contributed by atoms with Crippen LogP contribution in [-0.2, 0) is 9.53 Å². The molecular weight excluding hydrogens is 142 g/mol. The lowest BCUT2D eigenvalue weighted by atomic mass is 10.3. The van der Waals surface area contributed by atoms with Crippen LogP contribution >= 0.6 is 12.6 Å². The summed E-state index contributed by atoms with van der Waals surface area (Å²) in [6, 6.07) is -0.590. The number of rotatable bonds is 1. The van der Waals surface area contributed by atoms with E-state index in [9.17, 15) is 4.79 Å². The van der Waals surface area contributed by atoms with Gasteiger partial charge in [0.1, 0.15) is 6.04 Å². The number of hydrogen-bond acceptors (Lipinski definition) is 4. The van der Waals surface area contributed by atoms with Gasteiger partial charge in [-0.05, 0) is 0 Å². The summed E-state index contributed by atoms with van der Waals surface area (Å²) >= 11 is 3.85. The summed E-state index contributed by atoms with van der Waals surface area (Å²) in [5.74, 6) is -0.897. The molecule has 0 saturated carbocycles. The molecule has 0 amide bonds. The number of ether oxygens (including phenoxy) is 1. The van der Waals surface area contributed by atoms with Crippen molar-refractivity contribution in [3.05, 3.63) is 0 Å². The number of carbonyl (C=O) groups is 1. The van der Waals surface area contributed by atoms with E-state index in [0.717, 1.165) is 0 Å². The number of aliphatic carboxylic acids is 1. The second-order valence-corrected chi connectivity index (χ2v) is 2.21. The van der Waals surface area contributed by atoms with Crippen LogP contribution in [0.15, 0.2) is 0 Å². The zero-order valence-corrected chi connectivity index (χ0v) is 5.47. The third-order valence-corrected chi connectivity index (χ3v) is 1.36. The van der Waals surface area contributed by atoms with Crippen LogP contribution in [0, 0.1) is 0 Å². The lowest BCUT2D eigenvalue weighted by Gasteiger charge is -2.00. The Bertz CT molecular complexity index is 129. The second-order valence-electron chi connectivity index (χ2n) is 1.74. The summed E-state index contributed by atoms with van der Waals surface area (Å²) in [6.07, 6.45) is 0. The molecule has 4 nitrogen and oxygen atoms in total. The van der Waals surface area contributed by atoms with Gasteiger partial charge in [-0.2, -0.15) is 0 Å². The SMILES string of the molecule is O=C(O)C1COC(S)N1. The summed E-state index contributed by atoms with van der Waals surface area (Å²) in [5.41, 5.74) is -0.425. The number of carboxylic acid groups (broad SMARTS) is 1. The van der Waals surface area contributed by atoms with E-state index < -0.39 is 17.6 Å². The molecule has 9 heavy (non-hydrogen) atoms. The Hall–Kier alpha value is -0.260. The van der Waals surface area contributed by atoms with Crippen molar-refractivity contribution in [2.24, 2.45) is 0 Å². The van der Waals surface area contributed by atoms with Gasteiger partial charge in [0.05, 0.1) is 6.61 Å². The Morgan fingerprint density at radius 1 is 1.89 bits per heavy atom. The molecule has 1 aliphatic rings. The minimum Gasteiger partial charge on any atom is -0.480 e. The van der Waals surface area contributed by atoms with E-state index >= 15 is 0 Å². The van der Waals surface area contributed by atoms with Crippen LogP contribution in [0.25, 0.3) is 0 Å². The largest absolute Gasteiger partial charge is 0.480 e. The summed E-state index contributed by atoms with van der Waals surface area (Å²) in [5, 5.41) is 11.0. The molecule has 2 atom stereocenters. The first kappa shape index (κ1) is 6.85. The fraction of sp³-hybridized carbons (Fsp3) is 0.750. The van der Waals surface area contributed by atoms with E-state index in [1.807, 2.05) is 0 Å². The molecule has 0 aliphatic carbocycles. The average molecular weight is 149 g/mol. The maximum absolute atomic E-state index is 10.2. The van der Waals surface area contributed by atoms with E-state index in [-0.39, 0.29) is 6.61 Å². The fourth-order valence-corrected chi connectivity index (χ4v) is 0.864. The first-order chi connectivity index (χ1) is 4.20. The smallest absolute Gasteiger partial charge is 0.323 e. The van der Waals surface area contributed by atoms with Crippen LogP contribution < -0.4 is 5.32 Å². The summed E-state index contributed by atoms with van der Waals surface area (Å²) < 4.78 is 4.80. The molecule has 5 heteroatoms. The standard InChI is InChI=1S/C4H7NO3S/c6-3(7)2-1-8-4(9)5-2/h2,4-5,9H,1H2,(H,6,7). The van der Waals surface area contributed by atoms with Gasteiger partial charge in [0, 0.05) is 0 Å².